The standard InChI is InChI=1S/C11H12N6O3/c12-3-7(10(13)19)8-9-11(15-4-14-8)17(5-16-9)6-20-2-1-18/h4-5,18H,1-2,6H2,(H2,13,19)(H,14,15)/b8-7+. The van der Waals surface area contributed by atoms with Crippen LogP contribution in [0.1, 0.15) is 5.69 Å². The number of nitrogens with one attached hydrogen (secondary N) is 1. The quantitative estimate of drug-likeness (QED) is 0.352. The minimum absolute atomic E-state index is 0.0902. The van der Waals surface area contributed by atoms with Crippen LogP contribution in [0.5, 0.6) is 0 Å². The molecule has 0 aromatic carbocycles. The number of aliphatic hydroxyl groups excluding tert-OH is 1. The third-order valence-electron chi connectivity index (χ3n) is 2.52. The summed E-state index contributed by atoms with van der Waals surface area (Å²) in [5, 5.41) is 20.3. The highest BCUT2D eigenvalue weighted by Crippen LogP contribution is 2.28. The molecule has 0 radical (unpaired) electrons. The zero-order valence-electron chi connectivity index (χ0n) is 10.4. The largest absolute Gasteiger partial charge is 0.394 e. The Hall–Kier alpha value is -2.70. The van der Waals surface area contributed by atoms with Gasteiger partial charge in [0.1, 0.15) is 24.1 Å². The van der Waals surface area contributed by atoms with Crippen molar-refractivity contribution in [3.05, 3.63) is 17.6 Å². The van der Waals surface area contributed by atoms with Crippen LogP contribution in [0.4, 0.5) is 5.82 Å². The Labute approximate surface area is 114 Å². The third-order valence-corrected chi connectivity index (χ3v) is 2.52. The first-order valence-corrected chi connectivity index (χ1v) is 5.66. The van der Waals surface area contributed by atoms with E-state index in [0.717, 1.165) is 0 Å². The number of carbonyl (C=O) groups excluding carboxylic acids is 1. The molecule has 0 spiro atoms. The predicted molar refractivity (Wildman–Crippen MR) is 68.3 cm³/mol. The Kier molecular flexibility index (Phi) is 4.09. The van der Waals surface area contributed by atoms with Gasteiger partial charge in [0.2, 0.25) is 0 Å². The van der Waals surface area contributed by atoms with Crippen LogP contribution >= 0.6 is 0 Å². The number of carbonyl (C=O) groups is 1. The van der Waals surface area contributed by atoms with Gasteiger partial charge in [-0.05, 0) is 0 Å². The van der Waals surface area contributed by atoms with Crippen molar-refractivity contribution in [3.8, 4) is 6.07 Å². The lowest BCUT2D eigenvalue weighted by Crippen LogP contribution is -2.22. The average Bonchev–Trinajstić information content (AvgIpc) is 2.84. The van der Waals surface area contributed by atoms with E-state index in [-0.39, 0.29) is 31.2 Å². The van der Waals surface area contributed by atoms with Gasteiger partial charge in [0.05, 0.1) is 31.6 Å². The van der Waals surface area contributed by atoms with E-state index in [9.17, 15) is 4.79 Å². The van der Waals surface area contributed by atoms with Gasteiger partial charge >= 0.3 is 0 Å². The second kappa shape index (κ2) is 5.96. The molecule has 1 aliphatic heterocycles. The summed E-state index contributed by atoms with van der Waals surface area (Å²) in [7, 11) is 0. The summed E-state index contributed by atoms with van der Waals surface area (Å²) < 4.78 is 6.75. The molecule has 104 valence electrons. The highest BCUT2D eigenvalue weighted by Gasteiger charge is 2.23. The van der Waals surface area contributed by atoms with Gasteiger partial charge in [-0.2, -0.15) is 5.26 Å². The minimum atomic E-state index is -0.845. The van der Waals surface area contributed by atoms with Crippen LogP contribution in [-0.2, 0) is 16.3 Å². The van der Waals surface area contributed by atoms with Crippen LogP contribution in [0.25, 0.3) is 5.70 Å². The van der Waals surface area contributed by atoms with Crippen LogP contribution in [0, 0.1) is 11.3 Å². The van der Waals surface area contributed by atoms with Crippen molar-refractivity contribution < 1.29 is 14.6 Å². The SMILES string of the molecule is N#C/C(C(N)=O)=C1\NC=Nc2c1ncn2COCCO. The fraction of sp³-hybridized carbons (Fsp3) is 0.273. The average molecular weight is 276 g/mol. The molecule has 9 nitrogen and oxygen atoms in total. The number of ether oxygens (including phenoxy) is 1. The van der Waals surface area contributed by atoms with E-state index in [2.05, 4.69) is 15.3 Å². The molecule has 0 unspecified atom stereocenters. The first-order chi connectivity index (χ1) is 9.69. The van der Waals surface area contributed by atoms with E-state index < -0.39 is 5.91 Å². The topological polar surface area (TPSA) is 139 Å². The zero-order chi connectivity index (χ0) is 14.5. The molecule has 1 amide bonds. The molecule has 9 heteroatoms. The Bertz CT molecular complexity index is 625. The fourth-order valence-electron chi connectivity index (χ4n) is 1.66. The number of hydrogen-bond donors (Lipinski definition) is 3. The Morgan fingerprint density at radius 2 is 2.45 bits per heavy atom. The first-order valence-electron chi connectivity index (χ1n) is 5.66. The van der Waals surface area contributed by atoms with Crippen molar-refractivity contribution in [3.63, 3.8) is 0 Å². The van der Waals surface area contributed by atoms with Gasteiger partial charge in [-0.15, -0.1) is 0 Å². The molecule has 4 N–H and O–H groups in total. The van der Waals surface area contributed by atoms with Crippen molar-refractivity contribution in [1.29, 1.82) is 5.26 Å². The third kappa shape index (κ3) is 2.51. The molecule has 1 aliphatic rings. The van der Waals surface area contributed by atoms with Crippen molar-refractivity contribution in [1.82, 2.24) is 14.9 Å². The number of fused-ring (bicyclic) bond motifs is 1. The zero-order valence-corrected chi connectivity index (χ0v) is 10.4. The number of rotatable bonds is 5. The van der Waals surface area contributed by atoms with Gasteiger partial charge in [-0.1, -0.05) is 0 Å². The van der Waals surface area contributed by atoms with E-state index in [1.807, 2.05) is 0 Å². The number of aliphatic imine (C=N–C) groups is 1. The van der Waals surface area contributed by atoms with Crippen LogP contribution in [0.3, 0.4) is 0 Å². The number of nitrogens with two attached hydrogens (primary N) is 1. The summed E-state index contributed by atoms with van der Waals surface area (Å²) in [6.45, 7) is 0.238. The minimum Gasteiger partial charge on any atom is -0.394 e. The summed E-state index contributed by atoms with van der Waals surface area (Å²) in [5.74, 6) is -0.409. The molecule has 0 aliphatic carbocycles. The van der Waals surface area contributed by atoms with Crippen LogP contribution in [0.15, 0.2) is 16.9 Å². The second-order valence-corrected chi connectivity index (χ2v) is 3.78. The van der Waals surface area contributed by atoms with E-state index in [1.54, 1.807) is 10.6 Å². The van der Waals surface area contributed by atoms with E-state index >= 15 is 0 Å². The maximum absolute atomic E-state index is 11.2. The molecule has 1 aromatic heterocycles. The summed E-state index contributed by atoms with van der Waals surface area (Å²) in [6.07, 6.45) is 2.80. The fourth-order valence-corrected chi connectivity index (χ4v) is 1.66. The summed E-state index contributed by atoms with van der Waals surface area (Å²) in [4.78, 5) is 19.4. The highest BCUT2D eigenvalue weighted by molar-refractivity contribution is 6.06. The number of hydrogen-bond acceptors (Lipinski definition) is 7. The first kappa shape index (κ1) is 13.7. The number of nitriles is 1. The second-order valence-electron chi connectivity index (χ2n) is 3.78. The van der Waals surface area contributed by atoms with Crippen LogP contribution in [0.2, 0.25) is 0 Å². The van der Waals surface area contributed by atoms with E-state index in [4.69, 9.17) is 20.8 Å². The lowest BCUT2D eigenvalue weighted by molar-refractivity contribution is -0.114. The molecular formula is C11H12N6O3. The summed E-state index contributed by atoms with van der Waals surface area (Å²) in [6, 6.07) is 1.74. The van der Waals surface area contributed by atoms with Gasteiger partial charge in [-0.3, -0.25) is 9.36 Å². The van der Waals surface area contributed by atoms with Gasteiger partial charge in [0, 0.05) is 0 Å². The van der Waals surface area contributed by atoms with E-state index in [0.29, 0.717) is 11.5 Å². The molecular weight excluding hydrogens is 264 g/mol. The van der Waals surface area contributed by atoms with Crippen molar-refractivity contribution >= 4 is 23.8 Å². The summed E-state index contributed by atoms with van der Waals surface area (Å²) in [5.41, 5.74) is 5.48. The maximum atomic E-state index is 11.2. The lowest BCUT2D eigenvalue weighted by Gasteiger charge is -2.13. The molecule has 1 aromatic rings. The molecule has 0 atom stereocenters. The van der Waals surface area contributed by atoms with Crippen molar-refractivity contribution in [2.45, 2.75) is 6.73 Å². The van der Waals surface area contributed by atoms with E-state index in [1.165, 1.54) is 12.7 Å². The normalized spacial score (nSPS) is 15.2. The Balaban J connectivity index is 2.37. The van der Waals surface area contributed by atoms with Gasteiger partial charge in [-0.25, -0.2) is 9.98 Å². The number of aliphatic hydroxyl groups is 1. The van der Waals surface area contributed by atoms with Crippen LogP contribution in [-0.4, -0.2) is 40.1 Å². The molecule has 20 heavy (non-hydrogen) atoms. The number of primary amides is 1. The van der Waals surface area contributed by atoms with Crippen LogP contribution < -0.4 is 11.1 Å². The molecule has 2 heterocycles. The molecule has 0 bridgehead atoms. The number of aromatic nitrogens is 2. The summed E-state index contributed by atoms with van der Waals surface area (Å²) >= 11 is 0. The lowest BCUT2D eigenvalue weighted by atomic mass is 10.1. The Morgan fingerprint density at radius 1 is 1.65 bits per heavy atom. The predicted octanol–water partition coefficient (Wildman–Crippen LogP) is -1.17. The smallest absolute Gasteiger partial charge is 0.261 e. The van der Waals surface area contributed by atoms with Crippen molar-refractivity contribution in [2.75, 3.05) is 13.2 Å². The van der Waals surface area contributed by atoms with Crippen molar-refractivity contribution in [2.24, 2.45) is 10.7 Å². The number of nitrogens with zero attached hydrogens (tertiary/aromatic N) is 4. The molecule has 2 rings (SSSR count). The monoisotopic (exact) mass is 276 g/mol. The number of imidazole rings is 1. The van der Waals surface area contributed by atoms with Gasteiger partial charge in [0.25, 0.3) is 5.91 Å². The van der Waals surface area contributed by atoms with Gasteiger partial charge in [0.15, 0.2) is 5.82 Å². The molecule has 0 saturated heterocycles. The van der Waals surface area contributed by atoms with Gasteiger partial charge < -0.3 is 20.9 Å². The molecule has 0 fully saturated rings. The Morgan fingerprint density at radius 3 is 3.10 bits per heavy atom. The molecule has 0 saturated carbocycles. The maximum Gasteiger partial charge on any atom is 0.261 e. The number of amides is 1. The highest BCUT2D eigenvalue weighted by atomic mass is 16.5.